The van der Waals surface area contributed by atoms with E-state index in [2.05, 4.69) is 25.6 Å². The summed E-state index contributed by atoms with van der Waals surface area (Å²) >= 11 is 0. The predicted octanol–water partition coefficient (Wildman–Crippen LogP) is 1.54. The van der Waals surface area contributed by atoms with Crippen LogP contribution in [0.3, 0.4) is 0 Å². The van der Waals surface area contributed by atoms with Crippen molar-refractivity contribution in [2.45, 2.75) is 82.5 Å². The van der Waals surface area contributed by atoms with E-state index in [0.717, 1.165) is 37.7 Å². The van der Waals surface area contributed by atoms with Crippen LogP contribution in [-0.4, -0.2) is 75.2 Å². The fourth-order valence-corrected chi connectivity index (χ4v) is 5.75. The van der Waals surface area contributed by atoms with Crippen molar-refractivity contribution in [1.82, 2.24) is 25.5 Å². The van der Waals surface area contributed by atoms with Crippen LogP contribution in [-0.2, 0) is 20.8 Å². The molecule has 0 saturated heterocycles. The molecule has 0 unspecified atom stereocenters. The van der Waals surface area contributed by atoms with Gasteiger partial charge in [0.15, 0.2) is 5.96 Å². The van der Waals surface area contributed by atoms with Gasteiger partial charge in [-0.1, -0.05) is 61.7 Å². The average molecular weight is 630 g/mol. The molecule has 13 heteroatoms. The zero-order valence-electron chi connectivity index (χ0n) is 26.1. The monoisotopic (exact) mass is 629 g/mol. The van der Waals surface area contributed by atoms with Crippen LogP contribution >= 0.6 is 0 Å². The molecule has 1 aliphatic carbocycles. The molecule has 3 aromatic rings. The molecule has 4 rings (SSSR count). The lowest BCUT2D eigenvalue weighted by molar-refractivity contribution is -0.133. The van der Waals surface area contributed by atoms with Gasteiger partial charge in [-0.25, -0.2) is 4.98 Å². The number of nitrogens with two attached hydrogens (primary N) is 3. The van der Waals surface area contributed by atoms with E-state index in [1.165, 1.54) is 6.20 Å². The summed E-state index contributed by atoms with van der Waals surface area (Å²) in [6.45, 7) is 1.88. The number of nitrogens with zero attached hydrogens (tertiary/aromatic N) is 4. The first-order valence-electron chi connectivity index (χ1n) is 15.7. The summed E-state index contributed by atoms with van der Waals surface area (Å²) in [5, 5.41) is 5.53. The standard InChI is InChI=1S/C33H43N9O4/c1-21(42(23-13-6-3-7-14-23)32(46)28-20-38-24-15-8-9-16-25(24)39-28)30(44)40-26(17-10-18-37-33(35)36)31(45)41-27(29(34)43)19-22-11-4-2-5-12-22/h2,4-5,8-9,11-12,15-16,20-21,23,26-27H,3,6-7,10,13-14,17-19H2,1H3,(H2,34,43)(H,40,44)(H,41,45)(H4,35,36,37)/t21-,26-,27-/m0/s1. The number of amides is 4. The Hall–Kier alpha value is -5.07. The number of hydrogen-bond donors (Lipinski definition) is 5. The number of aliphatic imine (C=N–C) groups is 1. The number of nitrogens with one attached hydrogen (secondary N) is 2. The van der Waals surface area contributed by atoms with Crippen molar-refractivity contribution < 1.29 is 19.2 Å². The third-order valence-electron chi connectivity index (χ3n) is 8.19. The van der Waals surface area contributed by atoms with E-state index in [9.17, 15) is 19.2 Å². The van der Waals surface area contributed by atoms with Gasteiger partial charge in [0.2, 0.25) is 17.7 Å². The van der Waals surface area contributed by atoms with Crippen molar-refractivity contribution in [3.05, 3.63) is 72.1 Å². The number of primary amides is 1. The zero-order chi connectivity index (χ0) is 33.1. The SMILES string of the molecule is C[C@@H](C(=O)N[C@@H](CCCN=C(N)N)C(=O)N[C@@H](Cc1ccccc1)C(N)=O)N(C(=O)c1cnc2ccccc2n1)C1CCCCC1. The van der Waals surface area contributed by atoms with Gasteiger partial charge in [0.25, 0.3) is 5.91 Å². The fraction of sp³-hybridized carbons (Fsp3) is 0.424. The quantitative estimate of drug-likeness (QED) is 0.100. The summed E-state index contributed by atoms with van der Waals surface area (Å²) < 4.78 is 0. The van der Waals surface area contributed by atoms with Gasteiger partial charge in [0.05, 0.1) is 17.2 Å². The molecule has 13 nitrogen and oxygen atoms in total. The maximum atomic E-state index is 14.0. The van der Waals surface area contributed by atoms with Crippen molar-refractivity contribution in [2.24, 2.45) is 22.2 Å². The van der Waals surface area contributed by atoms with E-state index in [1.54, 1.807) is 17.9 Å². The first-order chi connectivity index (χ1) is 22.1. The minimum atomic E-state index is -1.05. The van der Waals surface area contributed by atoms with Crippen LogP contribution < -0.4 is 27.8 Å². The van der Waals surface area contributed by atoms with Gasteiger partial charge in [0, 0.05) is 19.0 Å². The number of para-hydroxylation sites is 2. The molecule has 0 spiro atoms. The number of aromatic nitrogens is 2. The van der Waals surface area contributed by atoms with Crippen molar-refractivity contribution in [1.29, 1.82) is 0 Å². The van der Waals surface area contributed by atoms with E-state index >= 15 is 0 Å². The molecule has 1 heterocycles. The summed E-state index contributed by atoms with van der Waals surface area (Å²) in [6.07, 6.45) is 6.55. The molecule has 0 radical (unpaired) electrons. The van der Waals surface area contributed by atoms with E-state index in [1.807, 2.05) is 48.5 Å². The smallest absolute Gasteiger partial charge is 0.275 e. The topological polar surface area (TPSA) is 212 Å². The highest BCUT2D eigenvalue weighted by Crippen LogP contribution is 2.26. The molecule has 2 aromatic carbocycles. The minimum absolute atomic E-state index is 0.0891. The number of fused-ring (bicyclic) bond motifs is 1. The van der Waals surface area contributed by atoms with Crippen molar-refractivity contribution in [3.63, 3.8) is 0 Å². The lowest BCUT2D eigenvalue weighted by Gasteiger charge is -2.38. The van der Waals surface area contributed by atoms with Gasteiger partial charge in [-0.15, -0.1) is 0 Å². The van der Waals surface area contributed by atoms with Gasteiger partial charge in [-0.2, -0.15) is 0 Å². The molecule has 1 saturated carbocycles. The number of benzene rings is 2. The molecule has 1 fully saturated rings. The summed E-state index contributed by atoms with van der Waals surface area (Å²) in [5.74, 6) is -2.30. The number of carbonyl (C=O) groups is 4. The van der Waals surface area contributed by atoms with Crippen LogP contribution in [0.4, 0.5) is 0 Å². The Morgan fingerprint density at radius 2 is 1.54 bits per heavy atom. The van der Waals surface area contributed by atoms with E-state index < -0.39 is 41.8 Å². The molecule has 46 heavy (non-hydrogen) atoms. The number of rotatable bonds is 14. The Morgan fingerprint density at radius 1 is 0.891 bits per heavy atom. The number of carbonyl (C=O) groups excluding carboxylic acids is 4. The number of guanidine groups is 1. The number of hydrogen-bond acceptors (Lipinski definition) is 7. The molecule has 8 N–H and O–H groups in total. The second-order valence-electron chi connectivity index (χ2n) is 11.6. The Morgan fingerprint density at radius 3 is 2.22 bits per heavy atom. The second-order valence-corrected chi connectivity index (χ2v) is 11.6. The van der Waals surface area contributed by atoms with Gasteiger partial charge in [-0.3, -0.25) is 29.2 Å². The molecule has 1 aliphatic rings. The molecule has 1 aromatic heterocycles. The highest BCUT2D eigenvalue weighted by molar-refractivity contribution is 5.98. The third kappa shape index (κ3) is 9.22. The zero-order valence-corrected chi connectivity index (χ0v) is 26.1. The van der Waals surface area contributed by atoms with Crippen LogP contribution in [0.2, 0.25) is 0 Å². The van der Waals surface area contributed by atoms with E-state index in [0.29, 0.717) is 17.5 Å². The van der Waals surface area contributed by atoms with E-state index in [4.69, 9.17) is 17.2 Å². The summed E-state index contributed by atoms with van der Waals surface area (Å²) in [4.78, 5) is 68.2. The Labute approximate surface area is 268 Å². The molecule has 244 valence electrons. The van der Waals surface area contributed by atoms with E-state index in [-0.39, 0.29) is 37.1 Å². The Balaban J connectivity index is 1.55. The maximum absolute atomic E-state index is 14.0. The summed E-state index contributed by atoms with van der Waals surface area (Å²) in [6, 6.07) is 13.2. The van der Waals surface area contributed by atoms with Crippen LogP contribution in [0.1, 0.15) is 67.9 Å². The molecular formula is C33H43N9O4. The first kappa shape index (κ1) is 33.8. The molecule has 3 atom stereocenters. The lowest BCUT2D eigenvalue weighted by atomic mass is 9.92. The highest BCUT2D eigenvalue weighted by atomic mass is 16.2. The third-order valence-corrected chi connectivity index (χ3v) is 8.19. The largest absolute Gasteiger partial charge is 0.370 e. The van der Waals surface area contributed by atoms with Crippen molar-refractivity contribution in [2.75, 3.05) is 6.54 Å². The Bertz CT molecular complexity index is 1540. The highest BCUT2D eigenvalue weighted by Gasteiger charge is 2.36. The van der Waals surface area contributed by atoms with Gasteiger partial charge in [-0.05, 0) is 50.3 Å². The van der Waals surface area contributed by atoms with Crippen LogP contribution in [0.15, 0.2) is 65.8 Å². The first-order valence-corrected chi connectivity index (χ1v) is 15.7. The molecular weight excluding hydrogens is 586 g/mol. The van der Waals surface area contributed by atoms with Crippen molar-refractivity contribution >= 4 is 40.6 Å². The van der Waals surface area contributed by atoms with Gasteiger partial charge < -0.3 is 32.7 Å². The second kappa shape index (κ2) is 16.3. The van der Waals surface area contributed by atoms with Gasteiger partial charge >= 0.3 is 0 Å². The maximum Gasteiger partial charge on any atom is 0.275 e. The predicted molar refractivity (Wildman–Crippen MR) is 175 cm³/mol. The molecule has 0 aliphatic heterocycles. The van der Waals surface area contributed by atoms with Crippen LogP contribution in [0, 0.1) is 0 Å². The summed E-state index contributed by atoms with van der Waals surface area (Å²) in [5.41, 5.74) is 18.7. The van der Waals surface area contributed by atoms with Crippen molar-refractivity contribution in [3.8, 4) is 0 Å². The minimum Gasteiger partial charge on any atom is -0.370 e. The molecule has 0 bridgehead atoms. The average Bonchev–Trinajstić information content (AvgIpc) is 3.06. The normalized spacial score (nSPS) is 15.2. The van der Waals surface area contributed by atoms with Crippen LogP contribution in [0.25, 0.3) is 11.0 Å². The molecule has 4 amide bonds. The van der Waals surface area contributed by atoms with Crippen LogP contribution in [0.5, 0.6) is 0 Å². The van der Waals surface area contributed by atoms with Gasteiger partial charge in [0.1, 0.15) is 23.8 Å². The lowest BCUT2D eigenvalue weighted by Crippen LogP contribution is -2.58. The Kier molecular flexibility index (Phi) is 12.0. The summed E-state index contributed by atoms with van der Waals surface area (Å²) in [7, 11) is 0. The fourth-order valence-electron chi connectivity index (χ4n) is 5.75.